The van der Waals surface area contributed by atoms with E-state index >= 15 is 0 Å². The zero-order chi connectivity index (χ0) is 21.0. The fourth-order valence-electron chi connectivity index (χ4n) is 3.32. The molecule has 0 spiro atoms. The Balaban J connectivity index is 1.53. The van der Waals surface area contributed by atoms with Crippen molar-refractivity contribution >= 4 is 21.8 Å². The summed E-state index contributed by atoms with van der Waals surface area (Å²) in [7, 11) is 0. The Hall–Kier alpha value is -1.86. The molecular formula is C22H30BrN3O3. The van der Waals surface area contributed by atoms with Crippen LogP contribution in [0.5, 0.6) is 5.75 Å². The molecule has 1 aliphatic rings. The van der Waals surface area contributed by atoms with Crippen LogP contribution < -0.4 is 4.74 Å². The van der Waals surface area contributed by atoms with Gasteiger partial charge >= 0.3 is 0 Å². The molecule has 1 unspecified atom stereocenters. The van der Waals surface area contributed by atoms with Gasteiger partial charge in [-0.15, -0.1) is 0 Å². The maximum Gasteiger partial charge on any atom is 0.263 e. The number of halogens is 1. The van der Waals surface area contributed by atoms with Crippen molar-refractivity contribution in [2.45, 2.75) is 52.2 Å². The number of nitrogens with zero attached hydrogens (tertiary/aromatic N) is 3. The van der Waals surface area contributed by atoms with Gasteiger partial charge in [-0.3, -0.25) is 9.69 Å². The largest absolute Gasteiger partial charge is 0.481 e. The summed E-state index contributed by atoms with van der Waals surface area (Å²) in [4.78, 5) is 21.5. The van der Waals surface area contributed by atoms with Gasteiger partial charge in [-0.1, -0.05) is 42.8 Å². The third kappa shape index (κ3) is 6.06. The lowest BCUT2D eigenvalue weighted by Gasteiger charge is -2.25. The average Bonchev–Trinajstić information content (AvgIpc) is 3.00. The van der Waals surface area contributed by atoms with Gasteiger partial charge in [0.1, 0.15) is 11.5 Å². The second-order valence-corrected chi connectivity index (χ2v) is 9.46. The summed E-state index contributed by atoms with van der Waals surface area (Å²) in [5, 5.41) is 0. The highest BCUT2D eigenvalue weighted by Gasteiger charge is 2.26. The molecule has 158 valence electrons. The molecule has 0 radical (unpaired) electrons. The first kappa shape index (κ1) is 21.8. The molecule has 29 heavy (non-hydrogen) atoms. The van der Waals surface area contributed by atoms with Crippen LogP contribution in [0.25, 0.3) is 0 Å². The molecule has 1 aliphatic heterocycles. The van der Waals surface area contributed by atoms with Crippen LogP contribution in [-0.4, -0.2) is 53.0 Å². The maximum atomic E-state index is 12.9. The smallest absolute Gasteiger partial charge is 0.263 e. The monoisotopic (exact) mass is 463 g/mol. The van der Waals surface area contributed by atoms with Gasteiger partial charge in [0, 0.05) is 36.1 Å². The van der Waals surface area contributed by atoms with Crippen LogP contribution >= 0.6 is 15.9 Å². The zero-order valence-electron chi connectivity index (χ0n) is 17.7. The Kier molecular flexibility index (Phi) is 7.01. The van der Waals surface area contributed by atoms with Crippen LogP contribution in [0.15, 0.2) is 39.4 Å². The molecule has 2 heterocycles. The van der Waals surface area contributed by atoms with Crippen LogP contribution in [-0.2, 0) is 16.8 Å². The summed E-state index contributed by atoms with van der Waals surface area (Å²) >= 11 is 3.43. The van der Waals surface area contributed by atoms with Crippen LogP contribution in [0.3, 0.4) is 0 Å². The second-order valence-electron chi connectivity index (χ2n) is 8.54. The quantitative estimate of drug-likeness (QED) is 0.663. The zero-order valence-corrected chi connectivity index (χ0v) is 19.2. The summed E-state index contributed by atoms with van der Waals surface area (Å²) in [6, 6.07) is 7.56. The topological polar surface area (TPSA) is 58.8 Å². The molecule has 0 bridgehead atoms. The summed E-state index contributed by atoms with van der Waals surface area (Å²) in [6.07, 6.45) is 2.23. The first-order valence-electron chi connectivity index (χ1n) is 10.1. The molecule has 7 heteroatoms. The summed E-state index contributed by atoms with van der Waals surface area (Å²) in [5.74, 6) is 2.35. The van der Waals surface area contributed by atoms with Crippen molar-refractivity contribution in [2.75, 3.05) is 26.2 Å². The Morgan fingerprint density at radius 3 is 2.76 bits per heavy atom. The van der Waals surface area contributed by atoms with Crippen LogP contribution in [0.1, 0.15) is 45.8 Å². The van der Waals surface area contributed by atoms with Crippen molar-refractivity contribution < 1.29 is 13.9 Å². The molecule has 2 aromatic rings. The van der Waals surface area contributed by atoms with Crippen molar-refractivity contribution in [3.63, 3.8) is 0 Å². The van der Waals surface area contributed by atoms with Crippen molar-refractivity contribution in [1.82, 2.24) is 14.8 Å². The van der Waals surface area contributed by atoms with E-state index < -0.39 is 6.10 Å². The van der Waals surface area contributed by atoms with Crippen molar-refractivity contribution in [1.29, 1.82) is 0 Å². The van der Waals surface area contributed by atoms with Gasteiger partial charge < -0.3 is 14.1 Å². The van der Waals surface area contributed by atoms with Gasteiger partial charge in [0.25, 0.3) is 5.91 Å². The summed E-state index contributed by atoms with van der Waals surface area (Å²) in [5.41, 5.74) is -0.0439. The van der Waals surface area contributed by atoms with E-state index in [9.17, 15) is 4.79 Å². The molecule has 0 N–H and O–H groups in total. The fraction of sp³-hybridized carbons (Fsp3) is 0.545. The van der Waals surface area contributed by atoms with E-state index in [0.717, 1.165) is 42.2 Å². The first-order valence-corrected chi connectivity index (χ1v) is 10.9. The second kappa shape index (κ2) is 9.30. The van der Waals surface area contributed by atoms with Crippen LogP contribution in [0.2, 0.25) is 0 Å². The molecule has 0 saturated carbocycles. The van der Waals surface area contributed by atoms with E-state index in [4.69, 9.17) is 9.15 Å². The highest BCUT2D eigenvalue weighted by Crippen LogP contribution is 2.23. The molecular weight excluding hydrogens is 434 g/mol. The van der Waals surface area contributed by atoms with Crippen LogP contribution in [0.4, 0.5) is 0 Å². The number of benzene rings is 1. The van der Waals surface area contributed by atoms with Gasteiger partial charge in [-0.05, 0) is 31.5 Å². The lowest BCUT2D eigenvalue weighted by Crippen LogP contribution is -2.42. The summed E-state index contributed by atoms with van der Waals surface area (Å²) < 4.78 is 12.7. The Morgan fingerprint density at radius 1 is 1.28 bits per heavy atom. The highest BCUT2D eigenvalue weighted by atomic mass is 79.9. The molecule has 1 atom stereocenters. The predicted molar refractivity (Wildman–Crippen MR) is 116 cm³/mol. The molecule has 1 aromatic heterocycles. The number of aromatic nitrogens is 1. The minimum atomic E-state index is -0.517. The van der Waals surface area contributed by atoms with Gasteiger partial charge in [0.2, 0.25) is 5.89 Å². The van der Waals surface area contributed by atoms with Gasteiger partial charge in [-0.2, -0.15) is 0 Å². The molecule has 0 aliphatic carbocycles. The Bertz CT molecular complexity index is 831. The van der Waals surface area contributed by atoms with E-state index in [1.165, 1.54) is 0 Å². The van der Waals surface area contributed by atoms with E-state index in [1.54, 1.807) is 0 Å². The van der Waals surface area contributed by atoms with E-state index in [2.05, 4.69) is 46.6 Å². The molecule has 1 saturated heterocycles. The lowest BCUT2D eigenvalue weighted by molar-refractivity contribution is -0.137. The number of ether oxygens (including phenoxy) is 1. The van der Waals surface area contributed by atoms with Crippen LogP contribution in [0, 0.1) is 0 Å². The third-order valence-corrected chi connectivity index (χ3v) is 5.50. The highest BCUT2D eigenvalue weighted by molar-refractivity contribution is 9.10. The molecule has 1 amide bonds. The van der Waals surface area contributed by atoms with E-state index in [1.807, 2.05) is 42.3 Å². The van der Waals surface area contributed by atoms with E-state index in [0.29, 0.717) is 18.8 Å². The van der Waals surface area contributed by atoms with Crippen molar-refractivity contribution in [3.05, 3.63) is 46.6 Å². The molecule has 3 rings (SSSR count). The SMILES string of the molecule is CC(Oc1cccc(Br)c1)C(=O)N1CCCN(Cc2ncc(C(C)(C)C)o2)CC1. The van der Waals surface area contributed by atoms with Crippen molar-refractivity contribution in [3.8, 4) is 5.75 Å². The van der Waals surface area contributed by atoms with E-state index in [-0.39, 0.29) is 11.3 Å². The van der Waals surface area contributed by atoms with Crippen molar-refractivity contribution in [2.24, 2.45) is 0 Å². The summed E-state index contributed by atoms with van der Waals surface area (Å²) in [6.45, 7) is 12.0. The predicted octanol–water partition coefficient (Wildman–Crippen LogP) is 4.24. The number of carbonyl (C=O) groups excluding carboxylic acids is 1. The number of rotatable bonds is 5. The number of amides is 1. The number of hydrogen-bond acceptors (Lipinski definition) is 5. The fourth-order valence-corrected chi connectivity index (χ4v) is 3.70. The number of carbonyl (C=O) groups is 1. The lowest BCUT2D eigenvalue weighted by atomic mass is 9.94. The minimum absolute atomic E-state index is 0.0259. The van der Waals surface area contributed by atoms with Gasteiger partial charge in [0.15, 0.2) is 6.10 Å². The maximum absolute atomic E-state index is 12.9. The molecule has 1 aromatic carbocycles. The molecule has 1 fully saturated rings. The van der Waals surface area contributed by atoms with Gasteiger partial charge in [0.05, 0.1) is 12.7 Å². The standard InChI is InChI=1S/C22H30BrN3O3/c1-16(28-18-8-5-7-17(23)13-18)21(27)26-10-6-9-25(11-12-26)15-20-24-14-19(29-20)22(2,3)4/h5,7-8,13-14,16H,6,9-12,15H2,1-4H3. The Morgan fingerprint density at radius 2 is 2.07 bits per heavy atom. The minimum Gasteiger partial charge on any atom is -0.481 e. The number of hydrogen-bond donors (Lipinski definition) is 0. The Labute approximate surface area is 181 Å². The normalized spacial score (nSPS) is 17.1. The third-order valence-electron chi connectivity index (χ3n) is 5.01. The molecule has 6 nitrogen and oxygen atoms in total. The number of oxazole rings is 1. The van der Waals surface area contributed by atoms with Gasteiger partial charge in [-0.25, -0.2) is 4.98 Å². The average molecular weight is 464 g/mol. The first-order chi connectivity index (χ1) is 13.7.